The maximum absolute atomic E-state index is 6.73. The predicted molar refractivity (Wildman–Crippen MR) is 104 cm³/mol. The summed E-state index contributed by atoms with van der Waals surface area (Å²) >= 11 is 0. The van der Waals surface area contributed by atoms with Crippen molar-refractivity contribution in [1.82, 2.24) is 4.90 Å². The molecule has 0 amide bonds. The molecule has 6 rings (SSSR count). The minimum atomic E-state index is -0.221. The van der Waals surface area contributed by atoms with E-state index in [2.05, 4.69) is 53.4 Å². The Kier molecular flexibility index (Phi) is 4.61. The number of hydrogen-bond donors (Lipinski definition) is 0. The van der Waals surface area contributed by atoms with Crippen LogP contribution in [0.25, 0.3) is 0 Å². The van der Waals surface area contributed by atoms with Crippen molar-refractivity contribution < 1.29 is 4.74 Å². The van der Waals surface area contributed by atoms with Gasteiger partial charge in [0.1, 0.15) is 5.60 Å². The highest BCUT2D eigenvalue weighted by atomic mass is 35.5. The molecule has 25 heavy (non-hydrogen) atoms. The second-order valence-corrected chi connectivity index (χ2v) is 7.49. The van der Waals surface area contributed by atoms with Crippen LogP contribution in [0.2, 0.25) is 0 Å². The number of halogens is 1. The maximum atomic E-state index is 6.73. The highest BCUT2D eigenvalue weighted by Gasteiger charge is 2.48. The van der Waals surface area contributed by atoms with E-state index < -0.39 is 0 Å². The van der Waals surface area contributed by atoms with Crippen LogP contribution in [0.3, 0.4) is 0 Å². The van der Waals surface area contributed by atoms with Crippen LogP contribution in [0, 0.1) is 0 Å². The van der Waals surface area contributed by atoms with Crippen molar-refractivity contribution in [1.29, 1.82) is 0 Å². The van der Waals surface area contributed by atoms with Gasteiger partial charge in [0.05, 0.1) is 6.61 Å². The van der Waals surface area contributed by atoms with Gasteiger partial charge in [0.2, 0.25) is 0 Å². The molecule has 1 aliphatic heterocycles. The third-order valence-corrected chi connectivity index (χ3v) is 6.28. The van der Waals surface area contributed by atoms with Gasteiger partial charge >= 0.3 is 0 Å². The zero-order valence-electron chi connectivity index (χ0n) is 14.6. The lowest BCUT2D eigenvalue weighted by Crippen LogP contribution is -2.43. The minimum absolute atomic E-state index is 0. The maximum Gasteiger partial charge on any atom is 0.119 e. The normalized spacial score (nSPS) is 26.8. The van der Waals surface area contributed by atoms with Gasteiger partial charge in [-0.15, -0.1) is 12.4 Å². The van der Waals surface area contributed by atoms with E-state index in [1.807, 2.05) is 0 Å². The van der Waals surface area contributed by atoms with Gasteiger partial charge in [0.15, 0.2) is 0 Å². The van der Waals surface area contributed by atoms with Crippen LogP contribution in [-0.2, 0) is 10.3 Å². The summed E-state index contributed by atoms with van der Waals surface area (Å²) in [6.07, 6.45) is 5.01. The van der Waals surface area contributed by atoms with E-state index in [0.717, 1.165) is 19.6 Å². The Bertz CT molecular complexity index is 706. The fourth-order valence-electron chi connectivity index (χ4n) is 5.16. The molecule has 1 fully saturated rings. The molecule has 3 heteroatoms. The molecule has 2 bridgehead atoms. The molecule has 2 nitrogen and oxygen atoms in total. The lowest BCUT2D eigenvalue weighted by Gasteiger charge is -2.49. The molecule has 132 valence electrons. The topological polar surface area (TPSA) is 12.5 Å². The second-order valence-electron chi connectivity index (χ2n) is 7.49. The summed E-state index contributed by atoms with van der Waals surface area (Å²) in [5, 5.41) is 0. The molecule has 0 aromatic heterocycles. The van der Waals surface area contributed by atoms with E-state index >= 15 is 0 Å². The van der Waals surface area contributed by atoms with E-state index in [1.54, 1.807) is 0 Å². The quantitative estimate of drug-likeness (QED) is 0.788. The molecule has 0 unspecified atom stereocenters. The van der Waals surface area contributed by atoms with Crippen LogP contribution in [-0.4, -0.2) is 31.1 Å². The van der Waals surface area contributed by atoms with E-state index in [4.69, 9.17) is 4.74 Å². The molecule has 2 aromatic carbocycles. The number of nitrogens with zero attached hydrogens (tertiary/aromatic N) is 1. The van der Waals surface area contributed by atoms with Gasteiger partial charge in [-0.3, -0.25) is 0 Å². The Morgan fingerprint density at radius 2 is 1.52 bits per heavy atom. The largest absolute Gasteiger partial charge is 0.364 e. The third-order valence-electron chi connectivity index (χ3n) is 6.28. The Morgan fingerprint density at radius 1 is 0.920 bits per heavy atom. The standard InChI is InChI=1S/C22H25NO.ClH/c1-3-9-20-18(7-1)17-11-12-22(20,21-10-4-2-8-19(17)21)24-16-15-23-13-5-6-14-23;/h1-4,7-10,17H,5-6,11-16H2;1H. The fourth-order valence-corrected chi connectivity index (χ4v) is 5.16. The van der Waals surface area contributed by atoms with Crippen LogP contribution in [0.1, 0.15) is 53.9 Å². The first kappa shape index (κ1) is 17.1. The van der Waals surface area contributed by atoms with Crippen LogP contribution in [0.4, 0.5) is 0 Å². The highest BCUT2D eigenvalue weighted by Crippen LogP contribution is 2.56. The molecule has 0 spiro atoms. The molecule has 0 N–H and O–H groups in total. The number of likely N-dealkylation sites (tertiary alicyclic amines) is 1. The smallest absolute Gasteiger partial charge is 0.119 e. The third kappa shape index (κ3) is 2.63. The van der Waals surface area contributed by atoms with Crippen LogP contribution >= 0.6 is 12.4 Å². The van der Waals surface area contributed by atoms with Crippen molar-refractivity contribution >= 4 is 12.4 Å². The van der Waals surface area contributed by atoms with Crippen molar-refractivity contribution in [2.24, 2.45) is 0 Å². The number of hydrogen-bond acceptors (Lipinski definition) is 2. The molecule has 0 atom stereocenters. The Morgan fingerprint density at radius 3 is 2.16 bits per heavy atom. The number of benzene rings is 2. The first-order chi connectivity index (χ1) is 11.9. The van der Waals surface area contributed by atoms with E-state index in [-0.39, 0.29) is 18.0 Å². The average Bonchev–Trinajstić information content (AvgIpc) is 3.16. The monoisotopic (exact) mass is 355 g/mol. The molecule has 1 saturated heterocycles. The van der Waals surface area contributed by atoms with Gasteiger partial charge in [0, 0.05) is 12.5 Å². The van der Waals surface area contributed by atoms with Crippen LogP contribution < -0.4 is 0 Å². The van der Waals surface area contributed by atoms with Gasteiger partial charge in [-0.25, -0.2) is 0 Å². The van der Waals surface area contributed by atoms with Gasteiger partial charge in [-0.05, 0) is 61.0 Å². The summed E-state index contributed by atoms with van der Waals surface area (Å²) in [5.41, 5.74) is 5.59. The van der Waals surface area contributed by atoms with Gasteiger partial charge in [-0.2, -0.15) is 0 Å². The first-order valence-corrected chi connectivity index (χ1v) is 9.44. The van der Waals surface area contributed by atoms with Crippen molar-refractivity contribution in [3.63, 3.8) is 0 Å². The average molecular weight is 356 g/mol. The van der Waals surface area contributed by atoms with E-state index in [0.29, 0.717) is 5.92 Å². The fraction of sp³-hybridized carbons (Fsp3) is 0.455. The van der Waals surface area contributed by atoms with Crippen molar-refractivity contribution in [3.05, 3.63) is 70.8 Å². The Hall–Kier alpha value is -1.35. The molecule has 0 saturated carbocycles. The minimum Gasteiger partial charge on any atom is -0.364 e. The number of ether oxygens (including phenoxy) is 1. The number of rotatable bonds is 4. The molecule has 2 aromatic rings. The summed E-state index contributed by atoms with van der Waals surface area (Å²) in [6, 6.07) is 17.9. The van der Waals surface area contributed by atoms with Crippen molar-refractivity contribution in [2.45, 2.75) is 37.2 Å². The van der Waals surface area contributed by atoms with E-state index in [1.165, 1.54) is 54.6 Å². The highest BCUT2D eigenvalue weighted by molar-refractivity contribution is 5.85. The van der Waals surface area contributed by atoms with Gasteiger partial charge in [0.25, 0.3) is 0 Å². The summed E-state index contributed by atoms with van der Waals surface area (Å²) < 4.78 is 6.73. The summed E-state index contributed by atoms with van der Waals surface area (Å²) in [5.74, 6) is 0.557. The molecular formula is C22H26ClNO. The molecular weight excluding hydrogens is 330 g/mol. The lowest BCUT2D eigenvalue weighted by atomic mass is 9.61. The SMILES string of the molecule is Cl.c1ccc2c(c1)C1CCC2(OCCN2CCCC2)c2ccccc21. The van der Waals surface area contributed by atoms with Gasteiger partial charge < -0.3 is 9.64 Å². The molecule has 4 aliphatic rings. The summed E-state index contributed by atoms with van der Waals surface area (Å²) in [4.78, 5) is 2.54. The van der Waals surface area contributed by atoms with Crippen LogP contribution in [0.15, 0.2) is 48.5 Å². The van der Waals surface area contributed by atoms with Gasteiger partial charge in [-0.1, -0.05) is 48.5 Å². The molecule has 1 heterocycles. The molecule has 0 radical (unpaired) electrons. The summed E-state index contributed by atoms with van der Waals surface area (Å²) in [7, 11) is 0. The zero-order valence-corrected chi connectivity index (χ0v) is 15.4. The van der Waals surface area contributed by atoms with Crippen molar-refractivity contribution in [3.8, 4) is 0 Å². The first-order valence-electron chi connectivity index (χ1n) is 9.44. The number of fused-ring (bicyclic) bond motifs is 1. The van der Waals surface area contributed by atoms with Crippen molar-refractivity contribution in [2.75, 3.05) is 26.2 Å². The predicted octanol–water partition coefficient (Wildman–Crippen LogP) is 4.70. The van der Waals surface area contributed by atoms with Crippen LogP contribution in [0.5, 0.6) is 0 Å². The van der Waals surface area contributed by atoms with E-state index in [9.17, 15) is 0 Å². The Labute approximate surface area is 156 Å². The Balaban J connectivity index is 0.00000157. The zero-order chi connectivity index (χ0) is 16.0. The second kappa shape index (κ2) is 6.75. The molecule has 3 aliphatic carbocycles. The summed E-state index contributed by atoms with van der Waals surface area (Å²) in [6.45, 7) is 4.38. The lowest BCUT2D eigenvalue weighted by molar-refractivity contribution is -0.0452.